The van der Waals surface area contributed by atoms with E-state index < -0.39 is 27.8 Å². The molecule has 0 aromatic heterocycles. The van der Waals surface area contributed by atoms with E-state index in [1.54, 1.807) is 31.2 Å². The molecule has 0 spiro atoms. The van der Waals surface area contributed by atoms with Crippen molar-refractivity contribution in [1.82, 2.24) is 14.5 Å². The predicted molar refractivity (Wildman–Crippen MR) is 133 cm³/mol. The first-order valence-electron chi connectivity index (χ1n) is 12.1. The number of hydrogen-bond acceptors (Lipinski definition) is 5. The van der Waals surface area contributed by atoms with Gasteiger partial charge in [0.1, 0.15) is 16.8 Å². The van der Waals surface area contributed by atoms with Gasteiger partial charge in [0, 0.05) is 25.6 Å². The molecule has 2 aromatic carbocycles. The first kappa shape index (κ1) is 27.3. The van der Waals surface area contributed by atoms with Gasteiger partial charge in [0.05, 0.1) is 5.56 Å². The third kappa shape index (κ3) is 5.92. The van der Waals surface area contributed by atoms with Crippen LogP contribution in [0.5, 0.6) is 0 Å². The fourth-order valence-electron chi connectivity index (χ4n) is 4.12. The van der Waals surface area contributed by atoms with Crippen molar-refractivity contribution < 1.29 is 27.2 Å². The van der Waals surface area contributed by atoms with E-state index in [2.05, 4.69) is 5.32 Å². The lowest BCUT2D eigenvalue weighted by atomic mass is 10.1. The average Bonchev–Trinajstić information content (AvgIpc) is 3.05. The van der Waals surface area contributed by atoms with Gasteiger partial charge in [-0.2, -0.15) is 0 Å². The lowest BCUT2D eigenvalue weighted by molar-refractivity contribution is -0.141. The summed E-state index contributed by atoms with van der Waals surface area (Å²) in [7, 11) is -3.96. The van der Waals surface area contributed by atoms with Crippen LogP contribution in [0, 0.1) is 5.82 Å². The molecule has 0 fully saturated rings. The van der Waals surface area contributed by atoms with Crippen molar-refractivity contribution in [2.75, 3.05) is 6.54 Å². The summed E-state index contributed by atoms with van der Waals surface area (Å²) >= 11 is 0. The highest BCUT2D eigenvalue weighted by Crippen LogP contribution is 2.30. The first-order valence-corrected chi connectivity index (χ1v) is 13.5. The molecule has 0 unspecified atom stereocenters. The Balaban J connectivity index is 1.74. The van der Waals surface area contributed by atoms with Gasteiger partial charge in [0.25, 0.3) is 15.9 Å². The standard InChI is InChI=1S/C26H32FN3O5S/c1-4-18(3)28-25(32)22(5-2)29(17-19-12-14-20(27)15-13-19)24(31)11-8-16-30-26(33)21-9-6-7-10-23(21)36(30,34)35/h6-7,9-10,12-15,18,22H,4-5,8,11,16-17H2,1-3H3,(H,28,32)/t18-,22-/m0/s1. The van der Waals surface area contributed by atoms with Crippen LogP contribution in [0.4, 0.5) is 4.39 Å². The molecule has 1 aliphatic rings. The summed E-state index contributed by atoms with van der Waals surface area (Å²) in [6.07, 6.45) is 1.13. The van der Waals surface area contributed by atoms with Crippen LogP contribution in [-0.4, -0.2) is 54.0 Å². The number of hydrogen-bond donors (Lipinski definition) is 1. The third-order valence-corrected chi connectivity index (χ3v) is 8.16. The Morgan fingerprint density at radius 1 is 1.06 bits per heavy atom. The van der Waals surface area contributed by atoms with Crippen LogP contribution in [0.3, 0.4) is 0 Å². The highest BCUT2D eigenvalue weighted by Gasteiger charge is 2.40. The van der Waals surface area contributed by atoms with E-state index in [1.807, 2.05) is 13.8 Å². The topological polar surface area (TPSA) is 104 Å². The van der Waals surface area contributed by atoms with E-state index in [9.17, 15) is 27.2 Å². The SMILES string of the molecule is CC[C@H](C)NC(=O)[C@H](CC)N(Cc1ccc(F)cc1)C(=O)CCCN1C(=O)c2ccccc2S1(=O)=O. The number of carbonyl (C=O) groups is 3. The monoisotopic (exact) mass is 517 g/mol. The van der Waals surface area contributed by atoms with Crippen molar-refractivity contribution in [2.24, 2.45) is 0 Å². The molecule has 0 radical (unpaired) electrons. The summed E-state index contributed by atoms with van der Waals surface area (Å²) in [6.45, 7) is 5.57. The van der Waals surface area contributed by atoms with Crippen molar-refractivity contribution in [3.05, 3.63) is 65.5 Å². The largest absolute Gasteiger partial charge is 0.352 e. The number of benzene rings is 2. The van der Waals surface area contributed by atoms with Crippen LogP contribution >= 0.6 is 0 Å². The Bertz CT molecular complexity index is 1220. The lowest BCUT2D eigenvalue weighted by Crippen LogP contribution is -2.50. The molecule has 36 heavy (non-hydrogen) atoms. The maximum Gasteiger partial charge on any atom is 0.269 e. The van der Waals surface area contributed by atoms with Gasteiger partial charge in [0.2, 0.25) is 11.8 Å². The number of nitrogens with one attached hydrogen (secondary N) is 1. The number of sulfonamides is 1. The predicted octanol–water partition coefficient (Wildman–Crippen LogP) is 3.47. The molecule has 2 aromatic rings. The first-order chi connectivity index (χ1) is 17.1. The van der Waals surface area contributed by atoms with Gasteiger partial charge in [-0.1, -0.05) is 38.1 Å². The van der Waals surface area contributed by atoms with Crippen LogP contribution in [0.1, 0.15) is 62.4 Å². The molecule has 0 bridgehead atoms. The van der Waals surface area contributed by atoms with Crippen molar-refractivity contribution in [3.63, 3.8) is 0 Å². The molecule has 1 heterocycles. The second kappa shape index (κ2) is 11.6. The second-order valence-corrected chi connectivity index (χ2v) is 10.7. The number of rotatable bonds is 11. The normalized spacial score (nSPS) is 15.8. The van der Waals surface area contributed by atoms with Crippen LogP contribution in [-0.2, 0) is 26.2 Å². The molecular weight excluding hydrogens is 485 g/mol. The zero-order valence-electron chi connectivity index (χ0n) is 20.7. The van der Waals surface area contributed by atoms with E-state index in [0.29, 0.717) is 12.0 Å². The molecule has 1 aliphatic heterocycles. The zero-order chi connectivity index (χ0) is 26.5. The Kier molecular flexibility index (Phi) is 8.84. The van der Waals surface area contributed by atoms with Gasteiger partial charge < -0.3 is 10.2 Å². The fraction of sp³-hybridized carbons (Fsp3) is 0.423. The molecule has 194 valence electrons. The molecule has 3 amide bonds. The number of amides is 3. The van der Waals surface area contributed by atoms with Crippen LogP contribution < -0.4 is 5.32 Å². The summed E-state index contributed by atoms with van der Waals surface area (Å²) in [5, 5.41) is 2.91. The Hall–Kier alpha value is -3.27. The minimum absolute atomic E-state index is 0.0352. The lowest BCUT2D eigenvalue weighted by Gasteiger charge is -2.31. The molecule has 8 nitrogen and oxygen atoms in total. The summed E-state index contributed by atoms with van der Waals surface area (Å²) in [5.74, 6) is -1.65. The minimum Gasteiger partial charge on any atom is -0.352 e. The average molecular weight is 518 g/mol. The summed E-state index contributed by atoms with van der Waals surface area (Å²) in [4.78, 5) is 40.3. The van der Waals surface area contributed by atoms with Gasteiger partial charge in [-0.3, -0.25) is 14.4 Å². The molecule has 2 atom stereocenters. The number of halogens is 1. The number of carbonyl (C=O) groups excluding carboxylic acids is 3. The van der Waals surface area contributed by atoms with Gasteiger partial charge >= 0.3 is 0 Å². The third-order valence-electron chi connectivity index (χ3n) is 6.32. The van der Waals surface area contributed by atoms with Gasteiger partial charge in [-0.15, -0.1) is 0 Å². The molecule has 0 saturated carbocycles. The Labute approximate surface area is 211 Å². The van der Waals surface area contributed by atoms with Gasteiger partial charge in [-0.05, 0) is 56.0 Å². The Morgan fingerprint density at radius 3 is 2.33 bits per heavy atom. The van der Waals surface area contributed by atoms with Crippen LogP contribution in [0.15, 0.2) is 53.4 Å². The maximum atomic E-state index is 13.4. The Morgan fingerprint density at radius 2 is 1.72 bits per heavy atom. The second-order valence-electron chi connectivity index (χ2n) is 8.87. The van der Waals surface area contributed by atoms with Crippen molar-refractivity contribution in [1.29, 1.82) is 0 Å². The van der Waals surface area contributed by atoms with E-state index in [1.165, 1.54) is 29.2 Å². The van der Waals surface area contributed by atoms with E-state index >= 15 is 0 Å². The smallest absolute Gasteiger partial charge is 0.269 e. The van der Waals surface area contributed by atoms with Crippen LogP contribution in [0.25, 0.3) is 0 Å². The van der Waals surface area contributed by atoms with Crippen molar-refractivity contribution >= 4 is 27.7 Å². The van der Waals surface area contributed by atoms with Gasteiger partial charge in [-0.25, -0.2) is 17.1 Å². The number of fused-ring (bicyclic) bond motifs is 1. The minimum atomic E-state index is -3.96. The van der Waals surface area contributed by atoms with Gasteiger partial charge in [0.15, 0.2) is 0 Å². The zero-order valence-corrected chi connectivity index (χ0v) is 21.6. The summed E-state index contributed by atoms with van der Waals surface area (Å²) in [5.41, 5.74) is 0.779. The van der Waals surface area contributed by atoms with Crippen LogP contribution in [0.2, 0.25) is 0 Å². The number of nitrogens with zero attached hydrogens (tertiary/aromatic N) is 2. The van der Waals surface area contributed by atoms with Crippen molar-refractivity contribution in [2.45, 2.75) is 70.0 Å². The van der Waals surface area contributed by atoms with E-state index in [-0.39, 0.29) is 54.2 Å². The van der Waals surface area contributed by atoms with E-state index in [4.69, 9.17) is 0 Å². The highest BCUT2D eigenvalue weighted by atomic mass is 32.2. The maximum absolute atomic E-state index is 13.4. The highest BCUT2D eigenvalue weighted by molar-refractivity contribution is 7.90. The van der Waals surface area contributed by atoms with Crippen molar-refractivity contribution in [3.8, 4) is 0 Å². The molecule has 0 saturated heterocycles. The quantitative estimate of drug-likeness (QED) is 0.492. The van der Waals surface area contributed by atoms with E-state index in [0.717, 1.165) is 10.7 Å². The molecular formula is C26H32FN3O5S. The summed E-state index contributed by atoms with van der Waals surface area (Å²) in [6, 6.07) is 10.9. The molecule has 10 heteroatoms. The fourth-order valence-corrected chi connectivity index (χ4v) is 5.72. The molecule has 3 rings (SSSR count). The summed E-state index contributed by atoms with van der Waals surface area (Å²) < 4.78 is 39.7. The molecule has 0 aliphatic carbocycles. The molecule has 1 N–H and O–H groups in total.